The van der Waals surface area contributed by atoms with Crippen molar-refractivity contribution in [2.45, 2.75) is 13.0 Å². The van der Waals surface area contributed by atoms with Crippen LogP contribution in [0.15, 0.2) is 48.5 Å². The largest absolute Gasteiger partial charge is 0.480 e. The van der Waals surface area contributed by atoms with Gasteiger partial charge in [-0.15, -0.1) is 0 Å². The topological polar surface area (TPSA) is 55.1 Å². The average Bonchev–Trinajstić information content (AvgIpc) is 2.85. The van der Waals surface area contributed by atoms with Gasteiger partial charge in [-0.3, -0.25) is 0 Å². The van der Waals surface area contributed by atoms with E-state index in [1.165, 1.54) is 12.1 Å². The van der Waals surface area contributed by atoms with Crippen molar-refractivity contribution in [3.63, 3.8) is 0 Å². The lowest BCUT2D eigenvalue weighted by Crippen LogP contribution is -2.16. The highest BCUT2D eigenvalue weighted by Crippen LogP contribution is 2.28. The number of carboxylic acid groups (broad SMARTS) is 1. The van der Waals surface area contributed by atoms with Crippen molar-refractivity contribution in [3.8, 4) is 11.4 Å². The number of halogens is 1. The molecule has 21 heavy (non-hydrogen) atoms. The number of rotatable bonds is 3. The molecule has 0 fully saturated rings. The maximum absolute atomic E-state index is 13.4. The van der Waals surface area contributed by atoms with Crippen LogP contribution in [0.5, 0.6) is 0 Å². The molecular weight excluding hydrogens is 271 g/mol. The zero-order valence-corrected chi connectivity index (χ0v) is 11.3. The molecule has 3 aromatic rings. The van der Waals surface area contributed by atoms with E-state index < -0.39 is 12.0 Å². The van der Waals surface area contributed by atoms with Gasteiger partial charge < -0.3 is 9.67 Å². The molecule has 2 aromatic carbocycles. The Morgan fingerprint density at radius 2 is 2.00 bits per heavy atom. The summed E-state index contributed by atoms with van der Waals surface area (Å²) in [5.74, 6) is -0.893. The number of benzene rings is 2. The van der Waals surface area contributed by atoms with E-state index in [2.05, 4.69) is 4.98 Å². The van der Waals surface area contributed by atoms with Crippen molar-refractivity contribution in [3.05, 3.63) is 54.3 Å². The van der Waals surface area contributed by atoms with Gasteiger partial charge in [0.15, 0.2) is 0 Å². The number of para-hydroxylation sites is 2. The van der Waals surface area contributed by atoms with Gasteiger partial charge in [-0.05, 0) is 31.2 Å². The minimum absolute atomic E-state index is 0.380. The SMILES string of the molecule is CC(C(=O)O)n1c(-c2cccc(F)c2)nc2ccccc21. The Hall–Kier alpha value is -2.69. The fourth-order valence-electron chi connectivity index (χ4n) is 2.38. The molecule has 5 heteroatoms. The van der Waals surface area contributed by atoms with Crippen LogP contribution in [0.3, 0.4) is 0 Å². The number of aliphatic carboxylic acids is 1. The summed E-state index contributed by atoms with van der Waals surface area (Å²) in [4.78, 5) is 15.8. The molecule has 0 saturated carbocycles. The van der Waals surface area contributed by atoms with Crippen LogP contribution in [0, 0.1) is 5.82 Å². The van der Waals surface area contributed by atoms with E-state index >= 15 is 0 Å². The normalized spacial score (nSPS) is 12.5. The minimum Gasteiger partial charge on any atom is -0.480 e. The Balaban J connectivity index is 2.31. The van der Waals surface area contributed by atoms with Crippen LogP contribution in [-0.4, -0.2) is 20.6 Å². The molecular formula is C16H13FN2O2. The number of aromatic nitrogens is 2. The molecule has 0 aliphatic heterocycles. The lowest BCUT2D eigenvalue weighted by atomic mass is 10.2. The second-order valence-electron chi connectivity index (χ2n) is 4.82. The number of nitrogens with zero attached hydrogens (tertiary/aromatic N) is 2. The monoisotopic (exact) mass is 284 g/mol. The van der Waals surface area contributed by atoms with Gasteiger partial charge in [0.2, 0.25) is 0 Å². The number of fused-ring (bicyclic) bond motifs is 1. The summed E-state index contributed by atoms with van der Waals surface area (Å²) in [5, 5.41) is 9.32. The van der Waals surface area contributed by atoms with Crippen LogP contribution in [-0.2, 0) is 4.79 Å². The standard InChI is InChI=1S/C16H13FN2O2/c1-10(16(20)21)19-14-8-3-2-7-13(14)18-15(19)11-5-4-6-12(17)9-11/h2-10H,1H3,(H,20,21). The molecule has 4 nitrogen and oxygen atoms in total. The van der Waals surface area contributed by atoms with Crippen molar-refractivity contribution in [2.24, 2.45) is 0 Å². The van der Waals surface area contributed by atoms with Crippen molar-refractivity contribution >= 4 is 17.0 Å². The Bertz CT molecular complexity index is 826. The number of carboxylic acids is 1. The first-order valence-corrected chi connectivity index (χ1v) is 6.53. The summed E-state index contributed by atoms with van der Waals surface area (Å²) in [7, 11) is 0. The molecule has 0 aliphatic carbocycles. The predicted octanol–water partition coefficient (Wildman–Crippen LogP) is 3.49. The first kappa shape index (κ1) is 13.3. The number of carbonyl (C=O) groups is 1. The van der Waals surface area contributed by atoms with E-state index in [1.54, 1.807) is 23.6 Å². The third kappa shape index (κ3) is 2.27. The van der Waals surface area contributed by atoms with Gasteiger partial charge in [0, 0.05) is 5.56 Å². The molecule has 0 spiro atoms. The van der Waals surface area contributed by atoms with Gasteiger partial charge in [-0.25, -0.2) is 14.2 Å². The average molecular weight is 284 g/mol. The first-order chi connectivity index (χ1) is 10.1. The molecule has 1 aromatic heterocycles. The zero-order valence-electron chi connectivity index (χ0n) is 11.3. The molecule has 0 radical (unpaired) electrons. The van der Waals surface area contributed by atoms with Crippen LogP contribution in [0.4, 0.5) is 4.39 Å². The highest BCUT2D eigenvalue weighted by atomic mass is 19.1. The first-order valence-electron chi connectivity index (χ1n) is 6.53. The van der Waals surface area contributed by atoms with Crippen molar-refractivity contribution in [1.82, 2.24) is 9.55 Å². The molecule has 0 saturated heterocycles. The molecule has 0 amide bonds. The fraction of sp³-hybridized carbons (Fsp3) is 0.125. The molecule has 1 atom stereocenters. The lowest BCUT2D eigenvalue weighted by molar-refractivity contribution is -0.140. The summed E-state index contributed by atoms with van der Waals surface area (Å²) < 4.78 is 15.1. The number of hydrogen-bond donors (Lipinski definition) is 1. The van der Waals surface area contributed by atoms with Gasteiger partial charge in [0.1, 0.15) is 17.7 Å². The number of hydrogen-bond acceptors (Lipinski definition) is 2. The summed E-state index contributed by atoms with van der Waals surface area (Å²) >= 11 is 0. The van der Waals surface area contributed by atoms with Crippen molar-refractivity contribution in [1.29, 1.82) is 0 Å². The molecule has 1 heterocycles. The smallest absolute Gasteiger partial charge is 0.326 e. The highest BCUT2D eigenvalue weighted by Gasteiger charge is 2.21. The lowest BCUT2D eigenvalue weighted by Gasteiger charge is -2.13. The number of imidazole rings is 1. The van der Waals surface area contributed by atoms with E-state index in [1.807, 2.05) is 24.3 Å². The maximum Gasteiger partial charge on any atom is 0.326 e. The maximum atomic E-state index is 13.4. The van der Waals surface area contributed by atoms with Gasteiger partial charge in [-0.2, -0.15) is 0 Å². The zero-order chi connectivity index (χ0) is 15.0. The second-order valence-corrected chi connectivity index (χ2v) is 4.82. The van der Waals surface area contributed by atoms with Gasteiger partial charge in [0.25, 0.3) is 0 Å². The van der Waals surface area contributed by atoms with E-state index in [4.69, 9.17) is 0 Å². The molecule has 0 bridgehead atoms. The molecule has 0 aliphatic rings. The van der Waals surface area contributed by atoms with Crippen molar-refractivity contribution in [2.75, 3.05) is 0 Å². The van der Waals surface area contributed by atoms with E-state index in [9.17, 15) is 14.3 Å². The van der Waals surface area contributed by atoms with Crippen LogP contribution in [0.1, 0.15) is 13.0 Å². The Morgan fingerprint density at radius 3 is 2.71 bits per heavy atom. The van der Waals surface area contributed by atoms with Crippen LogP contribution in [0.25, 0.3) is 22.4 Å². The van der Waals surface area contributed by atoms with Gasteiger partial charge in [0.05, 0.1) is 11.0 Å². The van der Waals surface area contributed by atoms with Crippen LogP contribution < -0.4 is 0 Å². The third-order valence-corrected chi connectivity index (χ3v) is 3.42. The Labute approximate surface area is 120 Å². The third-order valence-electron chi connectivity index (χ3n) is 3.42. The Kier molecular flexibility index (Phi) is 3.17. The van der Waals surface area contributed by atoms with Crippen LogP contribution >= 0.6 is 0 Å². The summed E-state index contributed by atoms with van der Waals surface area (Å²) in [6, 6.07) is 12.5. The minimum atomic E-state index is -0.962. The van der Waals surface area contributed by atoms with Gasteiger partial charge in [-0.1, -0.05) is 24.3 Å². The highest BCUT2D eigenvalue weighted by molar-refractivity contribution is 5.84. The molecule has 106 valence electrons. The van der Waals surface area contributed by atoms with E-state index in [-0.39, 0.29) is 5.82 Å². The van der Waals surface area contributed by atoms with Gasteiger partial charge >= 0.3 is 5.97 Å². The molecule has 1 N–H and O–H groups in total. The van der Waals surface area contributed by atoms with Crippen molar-refractivity contribution < 1.29 is 14.3 Å². The Morgan fingerprint density at radius 1 is 1.24 bits per heavy atom. The predicted molar refractivity (Wildman–Crippen MR) is 77.5 cm³/mol. The molecule has 1 unspecified atom stereocenters. The summed E-state index contributed by atoms with van der Waals surface area (Å²) in [6.45, 7) is 1.58. The van der Waals surface area contributed by atoms with E-state index in [0.29, 0.717) is 22.4 Å². The summed E-state index contributed by atoms with van der Waals surface area (Å²) in [6.07, 6.45) is 0. The van der Waals surface area contributed by atoms with Crippen LogP contribution in [0.2, 0.25) is 0 Å². The van der Waals surface area contributed by atoms with E-state index in [0.717, 1.165) is 0 Å². The molecule has 3 rings (SSSR count). The summed E-state index contributed by atoms with van der Waals surface area (Å²) in [5.41, 5.74) is 1.95. The second kappa shape index (κ2) is 5.01. The quantitative estimate of drug-likeness (QED) is 0.801. The fourth-order valence-corrected chi connectivity index (χ4v) is 2.38.